The number of anilines is 1. The molecule has 2 aromatic heterocycles. The molecule has 0 spiro atoms. The second-order valence-electron chi connectivity index (χ2n) is 7.44. The van der Waals surface area contributed by atoms with Crippen LogP contribution in [0.5, 0.6) is 5.75 Å². The van der Waals surface area contributed by atoms with Crippen LogP contribution in [0.1, 0.15) is 32.3 Å². The van der Waals surface area contributed by atoms with E-state index in [-0.39, 0.29) is 11.7 Å². The Morgan fingerprint density at radius 2 is 2.00 bits per heavy atom. The maximum atomic E-state index is 14.2. The van der Waals surface area contributed by atoms with Gasteiger partial charge in [-0.05, 0) is 30.5 Å². The average molecular weight is 456 g/mol. The number of thioether (sulfide) groups is 1. The molecule has 0 aliphatic carbocycles. The first-order chi connectivity index (χ1) is 15.3. The fourth-order valence-corrected chi connectivity index (χ4v) is 3.82. The van der Waals surface area contributed by atoms with Crippen molar-refractivity contribution in [2.24, 2.45) is 0 Å². The molecule has 0 bridgehead atoms. The Bertz CT molecular complexity index is 1100. The number of benzene rings is 1. The smallest absolute Gasteiger partial charge is 0.237 e. The van der Waals surface area contributed by atoms with Crippen LogP contribution in [0.25, 0.3) is 11.5 Å². The molecule has 0 aliphatic heterocycles. The lowest BCUT2D eigenvalue weighted by Gasteiger charge is -2.13. The molecule has 1 amide bonds. The minimum absolute atomic E-state index is 0.0462. The third-order valence-electron chi connectivity index (χ3n) is 4.79. The summed E-state index contributed by atoms with van der Waals surface area (Å²) in [4.78, 5) is 16.9. The van der Waals surface area contributed by atoms with Gasteiger partial charge in [0.05, 0.1) is 18.6 Å². The maximum absolute atomic E-state index is 14.2. The Labute approximate surface area is 191 Å². The van der Waals surface area contributed by atoms with E-state index in [1.165, 1.54) is 36.7 Å². The SMILES string of the molecule is C=CCn1c(SC(C)C(=O)Nc2ccc(C(C)C)cc2)nnc1-c1cc(F)c(OC)cn1. The van der Waals surface area contributed by atoms with E-state index in [1.807, 2.05) is 24.3 Å². The van der Waals surface area contributed by atoms with Crippen LogP contribution in [0.3, 0.4) is 0 Å². The van der Waals surface area contributed by atoms with Crippen LogP contribution < -0.4 is 10.1 Å². The zero-order valence-corrected chi connectivity index (χ0v) is 19.3. The number of carbonyl (C=O) groups excluding carboxylic acids is 1. The lowest BCUT2D eigenvalue weighted by molar-refractivity contribution is -0.115. The van der Waals surface area contributed by atoms with E-state index in [4.69, 9.17) is 4.74 Å². The minimum atomic E-state index is -0.545. The summed E-state index contributed by atoms with van der Waals surface area (Å²) in [6, 6.07) is 9.05. The summed E-state index contributed by atoms with van der Waals surface area (Å²) in [6.45, 7) is 10.2. The van der Waals surface area contributed by atoms with Gasteiger partial charge in [-0.1, -0.05) is 43.8 Å². The first-order valence-electron chi connectivity index (χ1n) is 10.2. The third kappa shape index (κ3) is 5.34. The molecule has 0 aliphatic rings. The van der Waals surface area contributed by atoms with Crippen molar-refractivity contribution in [3.05, 3.63) is 60.6 Å². The molecule has 0 saturated heterocycles. The number of methoxy groups -OCH3 is 1. The van der Waals surface area contributed by atoms with Gasteiger partial charge >= 0.3 is 0 Å². The monoisotopic (exact) mass is 455 g/mol. The van der Waals surface area contributed by atoms with Crippen molar-refractivity contribution in [2.75, 3.05) is 12.4 Å². The summed E-state index contributed by atoms with van der Waals surface area (Å²) in [5.41, 5.74) is 2.25. The number of ether oxygens (including phenoxy) is 1. The first kappa shape index (κ1) is 23.5. The highest BCUT2D eigenvalue weighted by Crippen LogP contribution is 2.28. The Balaban J connectivity index is 1.76. The summed E-state index contributed by atoms with van der Waals surface area (Å²) in [5, 5.41) is 11.4. The van der Waals surface area contributed by atoms with Gasteiger partial charge in [-0.2, -0.15) is 0 Å². The van der Waals surface area contributed by atoms with Crippen molar-refractivity contribution >= 4 is 23.4 Å². The Morgan fingerprint density at radius 3 is 2.59 bits per heavy atom. The highest BCUT2D eigenvalue weighted by Gasteiger charge is 2.22. The fraction of sp³-hybridized carbons (Fsp3) is 0.304. The summed E-state index contributed by atoms with van der Waals surface area (Å²) in [6.07, 6.45) is 2.98. The highest BCUT2D eigenvalue weighted by molar-refractivity contribution is 8.00. The zero-order chi connectivity index (χ0) is 23.3. The maximum Gasteiger partial charge on any atom is 0.237 e. The molecule has 1 atom stereocenters. The number of rotatable bonds is 9. The van der Waals surface area contributed by atoms with E-state index in [2.05, 4.69) is 40.9 Å². The number of hydrogen-bond acceptors (Lipinski definition) is 6. The Morgan fingerprint density at radius 1 is 1.28 bits per heavy atom. The van der Waals surface area contributed by atoms with Crippen LogP contribution in [0.4, 0.5) is 10.1 Å². The third-order valence-corrected chi connectivity index (χ3v) is 5.87. The van der Waals surface area contributed by atoms with Gasteiger partial charge in [0.1, 0.15) is 5.69 Å². The van der Waals surface area contributed by atoms with Gasteiger partial charge in [-0.25, -0.2) is 9.37 Å². The molecular weight excluding hydrogens is 429 g/mol. The van der Waals surface area contributed by atoms with Crippen molar-refractivity contribution < 1.29 is 13.9 Å². The van der Waals surface area contributed by atoms with Crippen molar-refractivity contribution in [3.8, 4) is 17.3 Å². The molecule has 0 radical (unpaired) electrons. The second kappa shape index (κ2) is 10.4. The van der Waals surface area contributed by atoms with Crippen LogP contribution in [-0.4, -0.2) is 38.0 Å². The molecule has 7 nitrogen and oxygen atoms in total. The molecule has 0 saturated carbocycles. The second-order valence-corrected chi connectivity index (χ2v) is 8.74. The summed E-state index contributed by atoms with van der Waals surface area (Å²) in [7, 11) is 1.37. The Hall–Kier alpha value is -3.20. The van der Waals surface area contributed by atoms with E-state index >= 15 is 0 Å². The molecular formula is C23H26FN5O2S. The van der Waals surface area contributed by atoms with E-state index in [0.29, 0.717) is 29.1 Å². The number of aromatic nitrogens is 4. The van der Waals surface area contributed by atoms with Gasteiger partial charge in [0, 0.05) is 18.3 Å². The average Bonchev–Trinajstić information content (AvgIpc) is 3.16. The predicted octanol–water partition coefficient (Wildman–Crippen LogP) is 4.92. The summed E-state index contributed by atoms with van der Waals surface area (Å²) in [5.74, 6) is 0.149. The number of nitrogens with zero attached hydrogens (tertiary/aromatic N) is 4. The minimum Gasteiger partial charge on any atom is -0.492 e. The van der Waals surface area contributed by atoms with Crippen LogP contribution in [-0.2, 0) is 11.3 Å². The normalized spacial score (nSPS) is 11.9. The van der Waals surface area contributed by atoms with Gasteiger partial charge in [-0.15, -0.1) is 16.8 Å². The molecule has 0 fully saturated rings. The number of hydrogen-bond donors (Lipinski definition) is 1. The van der Waals surface area contributed by atoms with Crippen molar-refractivity contribution in [2.45, 2.75) is 43.6 Å². The van der Waals surface area contributed by atoms with Crippen LogP contribution in [0.15, 0.2) is 54.3 Å². The summed E-state index contributed by atoms with van der Waals surface area (Å²) >= 11 is 1.26. The van der Waals surface area contributed by atoms with Gasteiger partial charge < -0.3 is 10.1 Å². The number of nitrogens with one attached hydrogen (secondary N) is 1. The largest absolute Gasteiger partial charge is 0.492 e. The highest BCUT2D eigenvalue weighted by atomic mass is 32.2. The number of halogens is 1. The molecule has 168 valence electrons. The van der Waals surface area contributed by atoms with Crippen LogP contribution >= 0.6 is 11.8 Å². The number of allylic oxidation sites excluding steroid dienone is 1. The van der Waals surface area contributed by atoms with Gasteiger partial charge in [0.2, 0.25) is 5.91 Å². The number of amides is 1. The molecule has 3 rings (SSSR count). The lowest BCUT2D eigenvalue weighted by Crippen LogP contribution is -2.23. The molecule has 1 aromatic carbocycles. The standard InChI is InChI=1S/C23H26FN5O2S/c1-6-11-29-21(19-12-18(24)20(31-5)13-25-19)27-28-23(29)32-15(4)22(30)26-17-9-7-16(8-10-17)14(2)3/h6-10,12-15H,1,11H2,2-5H3,(H,26,30). The lowest BCUT2D eigenvalue weighted by atomic mass is 10.0. The number of carbonyl (C=O) groups is 1. The zero-order valence-electron chi connectivity index (χ0n) is 18.5. The van der Waals surface area contributed by atoms with Gasteiger partial charge in [0.25, 0.3) is 0 Å². The molecule has 2 heterocycles. The van der Waals surface area contributed by atoms with Crippen molar-refractivity contribution in [1.82, 2.24) is 19.7 Å². The van der Waals surface area contributed by atoms with Crippen LogP contribution in [0.2, 0.25) is 0 Å². The Kier molecular flexibility index (Phi) is 7.63. The topological polar surface area (TPSA) is 81.9 Å². The number of pyridine rings is 1. The quantitative estimate of drug-likeness (QED) is 0.364. The first-order valence-corrected chi connectivity index (χ1v) is 11.0. The van der Waals surface area contributed by atoms with E-state index in [9.17, 15) is 9.18 Å². The molecule has 1 N–H and O–H groups in total. The molecule has 3 aromatic rings. The fourth-order valence-electron chi connectivity index (χ4n) is 2.96. The molecule has 1 unspecified atom stereocenters. The van der Waals surface area contributed by atoms with Gasteiger partial charge in [-0.3, -0.25) is 9.36 Å². The van der Waals surface area contributed by atoms with Crippen molar-refractivity contribution in [1.29, 1.82) is 0 Å². The van der Waals surface area contributed by atoms with E-state index < -0.39 is 11.1 Å². The van der Waals surface area contributed by atoms with E-state index in [1.54, 1.807) is 17.6 Å². The van der Waals surface area contributed by atoms with E-state index in [0.717, 1.165) is 5.69 Å². The predicted molar refractivity (Wildman–Crippen MR) is 124 cm³/mol. The molecule has 32 heavy (non-hydrogen) atoms. The summed E-state index contributed by atoms with van der Waals surface area (Å²) < 4.78 is 20.8. The molecule has 9 heteroatoms. The van der Waals surface area contributed by atoms with Crippen molar-refractivity contribution in [3.63, 3.8) is 0 Å². The van der Waals surface area contributed by atoms with Gasteiger partial charge in [0.15, 0.2) is 22.5 Å². The van der Waals surface area contributed by atoms with Crippen LogP contribution in [0, 0.1) is 5.82 Å².